The van der Waals surface area contributed by atoms with E-state index in [-0.39, 0.29) is 5.69 Å². The van der Waals surface area contributed by atoms with Gasteiger partial charge in [-0.2, -0.15) is 0 Å². The van der Waals surface area contributed by atoms with E-state index >= 15 is 0 Å². The summed E-state index contributed by atoms with van der Waals surface area (Å²) >= 11 is 0. The van der Waals surface area contributed by atoms with E-state index in [0.29, 0.717) is 30.5 Å². The fourth-order valence-electron chi connectivity index (χ4n) is 3.29. The molecule has 32 heavy (non-hydrogen) atoms. The lowest BCUT2D eigenvalue weighted by atomic mass is 10.3. The normalized spacial score (nSPS) is 14.3. The number of nitrogens with zero attached hydrogens (tertiary/aromatic N) is 3. The average molecular weight is 461 g/mol. The first-order valence-electron chi connectivity index (χ1n) is 9.84. The maximum atomic E-state index is 13.9. The number of morpholine rings is 1. The van der Waals surface area contributed by atoms with Gasteiger partial charge in [0.15, 0.2) is 4.90 Å². The van der Waals surface area contributed by atoms with Crippen molar-refractivity contribution in [3.05, 3.63) is 66.0 Å². The quantitative estimate of drug-likeness (QED) is 0.581. The zero-order valence-electron chi connectivity index (χ0n) is 17.2. The molecule has 0 radical (unpaired) electrons. The standard InChI is InChI=1S/C21H21F2N5O3S/c1-14-24-19(13-20(25-14)28-9-11-31-12-10-28)26-15-5-7-16(8-6-15)27-32(29,30)21-17(22)3-2-4-18(21)23/h2-8,13,27H,9-12H2,1H3,(H,24,25,26). The zero-order valence-corrected chi connectivity index (χ0v) is 18.0. The molecule has 0 saturated carbocycles. The number of halogens is 2. The number of hydrogen-bond acceptors (Lipinski definition) is 7. The van der Waals surface area contributed by atoms with Crippen molar-refractivity contribution in [3.8, 4) is 0 Å². The molecular weight excluding hydrogens is 440 g/mol. The molecule has 0 amide bonds. The van der Waals surface area contributed by atoms with Gasteiger partial charge in [0.2, 0.25) is 0 Å². The smallest absolute Gasteiger partial charge is 0.267 e. The van der Waals surface area contributed by atoms with Crippen LogP contribution in [0.2, 0.25) is 0 Å². The van der Waals surface area contributed by atoms with Crippen LogP contribution >= 0.6 is 0 Å². The second-order valence-corrected chi connectivity index (χ2v) is 8.74. The van der Waals surface area contributed by atoms with Crippen LogP contribution in [-0.4, -0.2) is 44.7 Å². The molecule has 2 aromatic carbocycles. The summed E-state index contributed by atoms with van der Waals surface area (Å²) in [5.41, 5.74) is 0.808. The number of nitrogens with one attached hydrogen (secondary N) is 2. The highest BCUT2D eigenvalue weighted by molar-refractivity contribution is 7.92. The van der Waals surface area contributed by atoms with Crippen LogP contribution in [0.4, 0.5) is 31.8 Å². The Hall–Kier alpha value is -3.31. The molecule has 0 atom stereocenters. The molecule has 4 rings (SSSR count). The summed E-state index contributed by atoms with van der Waals surface area (Å²) in [6.45, 7) is 4.56. The van der Waals surface area contributed by atoms with Gasteiger partial charge >= 0.3 is 0 Å². The first-order chi connectivity index (χ1) is 15.3. The molecular formula is C21H21F2N5O3S. The Bertz CT molecular complexity index is 1200. The van der Waals surface area contributed by atoms with Crippen LogP contribution in [0.3, 0.4) is 0 Å². The van der Waals surface area contributed by atoms with Gasteiger partial charge in [-0.3, -0.25) is 4.72 Å². The molecule has 1 aliphatic rings. The van der Waals surface area contributed by atoms with Crippen LogP contribution in [0, 0.1) is 18.6 Å². The van der Waals surface area contributed by atoms with Crippen molar-refractivity contribution in [2.24, 2.45) is 0 Å². The average Bonchev–Trinajstić information content (AvgIpc) is 2.75. The summed E-state index contributed by atoms with van der Waals surface area (Å²) in [6.07, 6.45) is 0. The molecule has 168 valence electrons. The number of aromatic nitrogens is 2. The van der Waals surface area contributed by atoms with Gasteiger partial charge in [0.1, 0.15) is 29.1 Å². The molecule has 1 fully saturated rings. The Labute approximate surface area is 184 Å². The van der Waals surface area contributed by atoms with Crippen molar-refractivity contribution in [1.82, 2.24) is 9.97 Å². The minimum Gasteiger partial charge on any atom is -0.378 e. The van der Waals surface area contributed by atoms with E-state index in [9.17, 15) is 17.2 Å². The van der Waals surface area contributed by atoms with Crippen molar-refractivity contribution in [2.45, 2.75) is 11.8 Å². The Balaban J connectivity index is 1.49. The Morgan fingerprint density at radius 3 is 2.25 bits per heavy atom. The minimum absolute atomic E-state index is 0.158. The number of sulfonamides is 1. The van der Waals surface area contributed by atoms with Crippen molar-refractivity contribution in [2.75, 3.05) is 41.2 Å². The number of rotatable bonds is 6. The first-order valence-corrected chi connectivity index (χ1v) is 11.3. The number of benzene rings is 2. The second kappa shape index (κ2) is 9.05. The topological polar surface area (TPSA) is 96.5 Å². The van der Waals surface area contributed by atoms with Crippen LogP contribution < -0.4 is 14.9 Å². The highest BCUT2D eigenvalue weighted by atomic mass is 32.2. The SMILES string of the molecule is Cc1nc(Nc2ccc(NS(=O)(=O)c3c(F)cccc3F)cc2)cc(N2CCOCC2)n1. The van der Waals surface area contributed by atoms with Gasteiger partial charge in [-0.05, 0) is 43.3 Å². The molecule has 0 aliphatic carbocycles. The fourth-order valence-corrected chi connectivity index (χ4v) is 4.48. The van der Waals surface area contributed by atoms with E-state index in [1.54, 1.807) is 19.1 Å². The van der Waals surface area contributed by atoms with Crippen LogP contribution in [0.25, 0.3) is 0 Å². The molecule has 8 nitrogen and oxygen atoms in total. The van der Waals surface area contributed by atoms with Crippen molar-refractivity contribution < 1.29 is 21.9 Å². The summed E-state index contributed by atoms with van der Waals surface area (Å²) in [5, 5.41) is 3.16. The van der Waals surface area contributed by atoms with Gasteiger partial charge in [-0.15, -0.1) is 0 Å². The predicted molar refractivity (Wildman–Crippen MR) is 117 cm³/mol. The Morgan fingerprint density at radius 1 is 0.969 bits per heavy atom. The van der Waals surface area contributed by atoms with Crippen LogP contribution in [0.5, 0.6) is 0 Å². The molecule has 0 unspecified atom stereocenters. The van der Waals surface area contributed by atoms with Gasteiger partial charge < -0.3 is 15.0 Å². The Morgan fingerprint density at radius 2 is 1.59 bits per heavy atom. The third-order valence-corrected chi connectivity index (χ3v) is 6.19. The maximum Gasteiger partial charge on any atom is 0.267 e. The fraction of sp³-hybridized carbons (Fsp3) is 0.238. The summed E-state index contributed by atoms with van der Waals surface area (Å²) in [7, 11) is -4.43. The molecule has 1 aliphatic heterocycles. The maximum absolute atomic E-state index is 13.9. The van der Waals surface area contributed by atoms with Crippen molar-refractivity contribution >= 4 is 33.0 Å². The van der Waals surface area contributed by atoms with E-state index in [1.165, 1.54) is 12.1 Å². The van der Waals surface area contributed by atoms with Gasteiger partial charge in [0, 0.05) is 30.5 Å². The largest absolute Gasteiger partial charge is 0.378 e. The van der Waals surface area contributed by atoms with Crippen molar-refractivity contribution in [3.63, 3.8) is 0 Å². The monoisotopic (exact) mass is 461 g/mol. The summed E-state index contributed by atoms with van der Waals surface area (Å²) < 4.78 is 60.1. The molecule has 3 aromatic rings. The number of hydrogen-bond donors (Lipinski definition) is 2. The van der Waals surface area contributed by atoms with Crippen LogP contribution in [-0.2, 0) is 14.8 Å². The van der Waals surface area contributed by atoms with Gasteiger partial charge in [-0.1, -0.05) is 6.07 Å². The van der Waals surface area contributed by atoms with E-state index in [0.717, 1.165) is 37.1 Å². The first kappa shape index (κ1) is 21.9. The summed E-state index contributed by atoms with van der Waals surface area (Å²) in [4.78, 5) is 9.96. The van der Waals surface area contributed by atoms with Crippen LogP contribution in [0.15, 0.2) is 53.4 Å². The molecule has 0 bridgehead atoms. The van der Waals surface area contributed by atoms with Gasteiger partial charge in [-0.25, -0.2) is 27.2 Å². The third kappa shape index (κ3) is 4.94. The van der Waals surface area contributed by atoms with E-state index in [2.05, 4.69) is 24.9 Å². The van der Waals surface area contributed by atoms with E-state index < -0.39 is 26.6 Å². The molecule has 0 spiro atoms. The molecule has 1 saturated heterocycles. The van der Waals surface area contributed by atoms with Crippen molar-refractivity contribution in [1.29, 1.82) is 0 Å². The predicted octanol–water partition coefficient (Wildman–Crippen LogP) is 3.44. The zero-order chi connectivity index (χ0) is 22.7. The minimum atomic E-state index is -4.43. The van der Waals surface area contributed by atoms with E-state index in [1.807, 2.05) is 6.07 Å². The molecule has 11 heteroatoms. The van der Waals surface area contributed by atoms with E-state index in [4.69, 9.17) is 4.74 Å². The number of anilines is 4. The third-order valence-electron chi connectivity index (χ3n) is 4.76. The second-order valence-electron chi connectivity index (χ2n) is 7.12. The summed E-state index contributed by atoms with van der Waals surface area (Å²) in [5.74, 6) is -0.342. The highest BCUT2D eigenvalue weighted by Crippen LogP contribution is 2.25. The molecule has 1 aromatic heterocycles. The Kier molecular flexibility index (Phi) is 6.19. The number of ether oxygens (including phenoxy) is 1. The lowest BCUT2D eigenvalue weighted by Gasteiger charge is -2.28. The van der Waals surface area contributed by atoms with Gasteiger partial charge in [0.05, 0.1) is 13.2 Å². The van der Waals surface area contributed by atoms with Gasteiger partial charge in [0.25, 0.3) is 10.0 Å². The summed E-state index contributed by atoms with van der Waals surface area (Å²) in [6, 6.07) is 10.9. The number of aryl methyl sites for hydroxylation is 1. The lowest BCUT2D eigenvalue weighted by Crippen LogP contribution is -2.36. The van der Waals surface area contributed by atoms with Crippen LogP contribution in [0.1, 0.15) is 5.82 Å². The lowest BCUT2D eigenvalue weighted by molar-refractivity contribution is 0.122. The molecule has 2 heterocycles. The molecule has 2 N–H and O–H groups in total. The highest BCUT2D eigenvalue weighted by Gasteiger charge is 2.23.